The van der Waals surface area contributed by atoms with Gasteiger partial charge in [-0.1, -0.05) is 48.5 Å². The molecule has 180 valence electrons. The lowest BCUT2D eigenvalue weighted by atomic mass is 10.1. The number of amides is 2. The van der Waals surface area contributed by atoms with Crippen LogP contribution in [0.15, 0.2) is 54.6 Å². The van der Waals surface area contributed by atoms with Crippen molar-refractivity contribution in [1.82, 2.24) is 24.6 Å². The summed E-state index contributed by atoms with van der Waals surface area (Å²) in [6, 6.07) is 17.2. The summed E-state index contributed by atoms with van der Waals surface area (Å²) in [4.78, 5) is 31.0. The Labute approximate surface area is 212 Å². The molecular formula is C25H26N6O2S2. The largest absolute Gasteiger partial charge is 0.345 e. The standard InChI is InChI=1S/C25H26N6O2S2/c1-4-30-20(14-26-23(33)19-13-9-8-10-16(19)2)29-31(25(30)34)15-21(32)27-24-28-22(17(3)35-24)18-11-6-5-7-12-18/h5-13H,4,14-15H2,1-3H3,(H,26,33)(H,27,28,32). The summed E-state index contributed by atoms with van der Waals surface area (Å²) >= 11 is 6.96. The predicted molar refractivity (Wildman–Crippen MR) is 140 cm³/mol. The molecule has 0 radical (unpaired) electrons. The number of rotatable bonds is 8. The average Bonchev–Trinajstić information content (AvgIpc) is 3.36. The zero-order valence-corrected chi connectivity index (χ0v) is 21.4. The van der Waals surface area contributed by atoms with Crippen LogP contribution in [0.4, 0.5) is 5.13 Å². The number of carbonyl (C=O) groups is 2. The number of nitrogens with zero attached hydrogens (tertiary/aromatic N) is 4. The number of anilines is 1. The third-order valence-electron chi connectivity index (χ3n) is 5.50. The SMILES string of the molecule is CCn1c(CNC(=O)c2ccccc2C)nn(CC(=O)Nc2nc(-c3ccccc3)c(C)s2)c1=S. The zero-order valence-electron chi connectivity index (χ0n) is 19.7. The Morgan fingerprint density at radius 3 is 2.49 bits per heavy atom. The van der Waals surface area contributed by atoms with Gasteiger partial charge in [-0.25, -0.2) is 9.67 Å². The second-order valence-electron chi connectivity index (χ2n) is 7.94. The van der Waals surface area contributed by atoms with Crippen molar-refractivity contribution in [3.05, 3.63) is 81.2 Å². The third kappa shape index (κ3) is 5.55. The van der Waals surface area contributed by atoms with Gasteiger partial charge in [0.05, 0.1) is 12.2 Å². The van der Waals surface area contributed by atoms with Crippen LogP contribution in [0.1, 0.15) is 33.5 Å². The van der Waals surface area contributed by atoms with Crippen molar-refractivity contribution in [3.63, 3.8) is 0 Å². The molecule has 0 spiro atoms. The molecule has 8 nitrogen and oxygen atoms in total. The molecule has 2 aromatic carbocycles. The fourth-order valence-corrected chi connectivity index (χ4v) is 4.92. The summed E-state index contributed by atoms with van der Waals surface area (Å²) in [5.41, 5.74) is 3.36. The fraction of sp³-hybridized carbons (Fsp3) is 0.240. The summed E-state index contributed by atoms with van der Waals surface area (Å²) in [7, 11) is 0. The molecule has 0 aliphatic heterocycles. The molecule has 0 bridgehead atoms. The van der Waals surface area contributed by atoms with E-state index in [1.807, 2.05) is 73.9 Å². The third-order valence-corrected chi connectivity index (χ3v) is 6.81. The Hall–Kier alpha value is -3.63. The summed E-state index contributed by atoms with van der Waals surface area (Å²) < 4.78 is 3.70. The first-order valence-corrected chi connectivity index (χ1v) is 12.4. The van der Waals surface area contributed by atoms with Crippen LogP contribution in [-0.4, -0.2) is 31.1 Å². The van der Waals surface area contributed by atoms with Crippen LogP contribution in [0, 0.1) is 18.6 Å². The minimum absolute atomic E-state index is 0.0517. The average molecular weight is 507 g/mol. The number of thiazole rings is 1. The Balaban J connectivity index is 1.44. The highest BCUT2D eigenvalue weighted by Crippen LogP contribution is 2.30. The van der Waals surface area contributed by atoms with Crippen LogP contribution >= 0.6 is 23.6 Å². The minimum Gasteiger partial charge on any atom is -0.345 e. The highest BCUT2D eigenvalue weighted by atomic mass is 32.1. The molecule has 2 N–H and O–H groups in total. The van der Waals surface area contributed by atoms with Crippen molar-refractivity contribution in [2.45, 2.75) is 40.4 Å². The Kier molecular flexibility index (Phi) is 7.52. The first-order valence-electron chi connectivity index (χ1n) is 11.2. The lowest BCUT2D eigenvalue weighted by Gasteiger charge is -2.07. The molecule has 10 heteroatoms. The normalized spacial score (nSPS) is 10.8. The molecule has 35 heavy (non-hydrogen) atoms. The quantitative estimate of drug-likeness (QED) is 0.337. The second kappa shape index (κ2) is 10.7. The first kappa shape index (κ1) is 24.5. The molecule has 4 rings (SSSR count). The van der Waals surface area contributed by atoms with Gasteiger partial charge in [-0.2, -0.15) is 5.10 Å². The zero-order chi connectivity index (χ0) is 24.9. The summed E-state index contributed by atoms with van der Waals surface area (Å²) in [6.07, 6.45) is 0. The van der Waals surface area contributed by atoms with E-state index in [-0.39, 0.29) is 24.9 Å². The molecule has 0 saturated carbocycles. The number of hydrogen-bond acceptors (Lipinski definition) is 6. The van der Waals surface area contributed by atoms with E-state index in [0.29, 0.717) is 27.8 Å². The van der Waals surface area contributed by atoms with Gasteiger partial charge in [0.2, 0.25) is 5.91 Å². The van der Waals surface area contributed by atoms with Crippen LogP contribution in [0.25, 0.3) is 11.3 Å². The van der Waals surface area contributed by atoms with Crippen LogP contribution in [0.3, 0.4) is 0 Å². The second-order valence-corrected chi connectivity index (χ2v) is 9.50. The number of benzene rings is 2. The lowest BCUT2D eigenvalue weighted by molar-refractivity contribution is -0.116. The van der Waals surface area contributed by atoms with E-state index in [2.05, 4.69) is 20.7 Å². The van der Waals surface area contributed by atoms with Crippen LogP contribution in [0.2, 0.25) is 0 Å². The van der Waals surface area contributed by atoms with E-state index in [9.17, 15) is 9.59 Å². The van der Waals surface area contributed by atoms with Crippen LogP contribution < -0.4 is 10.6 Å². The Bertz CT molecular complexity index is 1420. The molecule has 0 fully saturated rings. The Morgan fingerprint density at radius 2 is 1.77 bits per heavy atom. The first-order chi connectivity index (χ1) is 16.9. The summed E-state index contributed by atoms with van der Waals surface area (Å²) in [5.74, 6) is 0.131. The molecule has 4 aromatic rings. The number of aryl methyl sites for hydroxylation is 2. The molecule has 0 atom stereocenters. The van der Waals surface area contributed by atoms with Gasteiger partial charge in [0.15, 0.2) is 15.7 Å². The maximum Gasteiger partial charge on any atom is 0.251 e. The molecule has 2 amide bonds. The molecule has 2 heterocycles. The van der Waals surface area contributed by atoms with Gasteiger partial charge in [-0.15, -0.1) is 11.3 Å². The van der Waals surface area contributed by atoms with Crippen molar-refractivity contribution >= 4 is 40.5 Å². The van der Waals surface area contributed by atoms with E-state index >= 15 is 0 Å². The molecule has 0 unspecified atom stereocenters. The van der Waals surface area contributed by atoms with E-state index in [1.54, 1.807) is 6.07 Å². The van der Waals surface area contributed by atoms with Gasteiger partial charge in [0.25, 0.3) is 5.91 Å². The molecule has 0 saturated heterocycles. The maximum atomic E-state index is 12.8. The van der Waals surface area contributed by atoms with E-state index in [1.165, 1.54) is 16.0 Å². The number of carbonyl (C=O) groups excluding carboxylic acids is 2. The lowest BCUT2D eigenvalue weighted by Crippen LogP contribution is -2.25. The number of hydrogen-bond donors (Lipinski definition) is 2. The molecule has 2 aromatic heterocycles. The van der Waals surface area contributed by atoms with Gasteiger partial charge in [-0.05, 0) is 44.6 Å². The summed E-state index contributed by atoms with van der Waals surface area (Å²) in [5, 5.41) is 10.8. The monoisotopic (exact) mass is 506 g/mol. The number of aromatic nitrogens is 4. The highest BCUT2D eigenvalue weighted by Gasteiger charge is 2.16. The molecular weight excluding hydrogens is 480 g/mol. The van der Waals surface area contributed by atoms with E-state index in [4.69, 9.17) is 12.2 Å². The van der Waals surface area contributed by atoms with Gasteiger partial charge in [0.1, 0.15) is 6.54 Å². The summed E-state index contributed by atoms with van der Waals surface area (Å²) in [6.45, 7) is 6.53. The smallest absolute Gasteiger partial charge is 0.251 e. The highest BCUT2D eigenvalue weighted by molar-refractivity contribution is 7.71. The Morgan fingerprint density at radius 1 is 1.06 bits per heavy atom. The predicted octanol–water partition coefficient (Wildman–Crippen LogP) is 4.74. The van der Waals surface area contributed by atoms with E-state index < -0.39 is 0 Å². The van der Waals surface area contributed by atoms with E-state index in [0.717, 1.165) is 21.7 Å². The van der Waals surface area contributed by atoms with Crippen LogP contribution in [0.5, 0.6) is 0 Å². The maximum absolute atomic E-state index is 12.8. The van der Waals surface area contributed by atoms with Gasteiger partial charge >= 0.3 is 0 Å². The van der Waals surface area contributed by atoms with Crippen molar-refractivity contribution in [2.75, 3.05) is 5.32 Å². The van der Waals surface area contributed by atoms with Gasteiger partial charge in [0, 0.05) is 22.5 Å². The van der Waals surface area contributed by atoms with Crippen molar-refractivity contribution in [1.29, 1.82) is 0 Å². The molecule has 0 aliphatic carbocycles. The van der Waals surface area contributed by atoms with Gasteiger partial charge < -0.3 is 15.2 Å². The number of nitrogens with one attached hydrogen (secondary N) is 2. The topological polar surface area (TPSA) is 93.8 Å². The molecule has 0 aliphatic rings. The van der Waals surface area contributed by atoms with Crippen LogP contribution in [-0.2, 0) is 24.4 Å². The minimum atomic E-state index is -0.272. The van der Waals surface area contributed by atoms with Crippen molar-refractivity contribution in [2.24, 2.45) is 0 Å². The van der Waals surface area contributed by atoms with Crippen molar-refractivity contribution in [3.8, 4) is 11.3 Å². The van der Waals surface area contributed by atoms with Crippen molar-refractivity contribution < 1.29 is 9.59 Å². The fourth-order valence-electron chi connectivity index (χ4n) is 3.73. The van der Waals surface area contributed by atoms with Gasteiger partial charge in [-0.3, -0.25) is 9.59 Å².